The molecule has 0 aliphatic carbocycles. The highest BCUT2D eigenvalue weighted by Gasteiger charge is 2.23. The first kappa shape index (κ1) is 16.6. The van der Waals surface area contributed by atoms with E-state index in [1.54, 1.807) is 6.92 Å². The summed E-state index contributed by atoms with van der Waals surface area (Å²) in [4.78, 5) is 25.5. The van der Waals surface area contributed by atoms with E-state index in [9.17, 15) is 18.0 Å². The summed E-state index contributed by atoms with van der Waals surface area (Å²) in [5.41, 5.74) is 5.83. The first-order valence-corrected chi connectivity index (χ1v) is 7.91. The maximum Gasteiger partial charge on any atom is 0.356 e. The van der Waals surface area contributed by atoms with E-state index in [1.165, 1.54) is 31.0 Å². The number of hydrogen-bond donors (Lipinski definition) is 3. The smallest absolute Gasteiger partial charge is 0.356 e. The molecule has 0 bridgehead atoms. The van der Waals surface area contributed by atoms with E-state index < -0.39 is 21.9 Å². The molecule has 0 atom stereocenters. The van der Waals surface area contributed by atoms with E-state index in [-0.39, 0.29) is 22.0 Å². The number of ether oxygens (including phenoxy) is 1. The average molecular weight is 340 g/mol. The molecule has 0 saturated carbocycles. The lowest BCUT2D eigenvalue weighted by molar-refractivity contribution is 0.0595. The molecule has 4 N–H and O–H groups in total. The lowest BCUT2D eigenvalue weighted by Gasteiger charge is -2.06. The number of sulfonamides is 1. The van der Waals surface area contributed by atoms with Gasteiger partial charge in [0.1, 0.15) is 16.3 Å². The maximum absolute atomic E-state index is 12.4. The van der Waals surface area contributed by atoms with E-state index >= 15 is 0 Å². The molecule has 0 radical (unpaired) electrons. The molecule has 0 fully saturated rings. The summed E-state index contributed by atoms with van der Waals surface area (Å²) < 4.78 is 33.0. The van der Waals surface area contributed by atoms with Gasteiger partial charge in [-0.15, -0.1) is 0 Å². The van der Waals surface area contributed by atoms with Gasteiger partial charge in [0.05, 0.1) is 12.8 Å². The highest BCUT2D eigenvalue weighted by molar-refractivity contribution is 7.92. The topological polar surface area (TPSA) is 136 Å². The highest BCUT2D eigenvalue weighted by Crippen LogP contribution is 2.23. The molecule has 0 spiro atoms. The van der Waals surface area contributed by atoms with Crippen LogP contribution in [-0.2, 0) is 21.8 Å². The summed E-state index contributed by atoms with van der Waals surface area (Å²) in [6, 6.07) is 2.61. The number of hydrogen-bond acceptors (Lipinski definition) is 5. The summed E-state index contributed by atoms with van der Waals surface area (Å²) in [5, 5.41) is 0. The van der Waals surface area contributed by atoms with Gasteiger partial charge in [-0.3, -0.25) is 9.52 Å². The number of esters is 1. The van der Waals surface area contributed by atoms with Crippen LogP contribution in [0.15, 0.2) is 23.2 Å². The molecule has 2 heterocycles. The summed E-state index contributed by atoms with van der Waals surface area (Å²) in [7, 11) is -1.32. The molecular formula is C13H16N4O5S. The van der Waals surface area contributed by atoms with E-state index in [4.69, 9.17) is 5.73 Å². The van der Waals surface area contributed by atoms with Crippen molar-refractivity contribution in [1.29, 1.82) is 0 Å². The fourth-order valence-electron chi connectivity index (χ4n) is 2.06. The van der Waals surface area contributed by atoms with E-state index in [1.807, 2.05) is 0 Å². The predicted molar refractivity (Wildman–Crippen MR) is 81.6 cm³/mol. The molecular weight excluding hydrogens is 324 g/mol. The van der Waals surface area contributed by atoms with Crippen LogP contribution in [0, 0.1) is 6.92 Å². The van der Waals surface area contributed by atoms with Crippen LogP contribution in [0.3, 0.4) is 0 Å². The van der Waals surface area contributed by atoms with Crippen molar-refractivity contribution in [2.45, 2.75) is 11.8 Å². The monoisotopic (exact) mass is 340 g/mol. The van der Waals surface area contributed by atoms with Crippen LogP contribution in [0.5, 0.6) is 0 Å². The summed E-state index contributed by atoms with van der Waals surface area (Å²) in [6.07, 6.45) is 1.25. The molecule has 2 aromatic rings. The molecule has 0 saturated heterocycles. The van der Waals surface area contributed by atoms with Gasteiger partial charge < -0.3 is 20.0 Å². The van der Waals surface area contributed by atoms with Gasteiger partial charge in [-0.05, 0) is 19.1 Å². The normalized spacial score (nSPS) is 11.3. The molecule has 1 amide bonds. The molecule has 0 unspecified atom stereocenters. The Balaban J connectivity index is 2.41. The van der Waals surface area contributed by atoms with Gasteiger partial charge >= 0.3 is 5.97 Å². The molecule has 23 heavy (non-hydrogen) atoms. The number of nitrogens with zero attached hydrogens (tertiary/aromatic N) is 1. The second-order valence-corrected chi connectivity index (χ2v) is 6.56. The highest BCUT2D eigenvalue weighted by atomic mass is 32.2. The number of H-pyrrole nitrogens is 1. The van der Waals surface area contributed by atoms with Crippen LogP contribution >= 0.6 is 0 Å². The van der Waals surface area contributed by atoms with Crippen LogP contribution in [-0.4, -0.2) is 37.0 Å². The van der Waals surface area contributed by atoms with E-state index in [2.05, 4.69) is 14.4 Å². The number of anilines is 1. The zero-order chi connectivity index (χ0) is 17.4. The van der Waals surface area contributed by atoms with Crippen molar-refractivity contribution in [1.82, 2.24) is 9.55 Å². The Morgan fingerprint density at radius 3 is 2.52 bits per heavy atom. The Kier molecular flexibility index (Phi) is 4.19. The van der Waals surface area contributed by atoms with Crippen molar-refractivity contribution in [3.63, 3.8) is 0 Å². The first-order valence-electron chi connectivity index (χ1n) is 6.42. The van der Waals surface area contributed by atoms with Gasteiger partial charge in [-0.1, -0.05) is 0 Å². The first-order chi connectivity index (χ1) is 10.7. The summed E-state index contributed by atoms with van der Waals surface area (Å²) >= 11 is 0. The molecule has 124 valence electrons. The number of amides is 1. The number of aromatic amines is 1. The second-order valence-electron chi connectivity index (χ2n) is 4.87. The fraction of sp³-hybridized carbons (Fsp3) is 0.231. The van der Waals surface area contributed by atoms with Gasteiger partial charge in [0.2, 0.25) is 0 Å². The molecule has 0 aromatic carbocycles. The van der Waals surface area contributed by atoms with Crippen LogP contribution in [0.4, 0.5) is 5.69 Å². The fourth-order valence-corrected chi connectivity index (χ4v) is 3.19. The number of nitrogens with two attached hydrogens (primary N) is 1. The minimum Gasteiger partial charge on any atom is -0.464 e. The van der Waals surface area contributed by atoms with Crippen molar-refractivity contribution in [2.75, 3.05) is 11.8 Å². The number of primary amides is 1. The van der Waals surface area contributed by atoms with Gasteiger partial charge in [-0.2, -0.15) is 0 Å². The van der Waals surface area contributed by atoms with Crippen molar-refractivity contribution in [3.8, 4) is 0 Å². The number of carbonyl (C=O) groups is 2. The Hall–Kier alpha value is -2.75. The average Bonchev–Trinajstić information content (AvgIpc) is 3.01. The zero-order valence-electron chi connectivity index (χ0n) is 12.7. The Labute approximate surface area is 132 Å². The maximum atomic E-state index is 12.4. The number of carbonyl (C=O) groups excluding carboxylic acids is 2. The third kappa shape index (κ3) is 3.21. The quantitative estimate of drug-likeness (QED) is 0.675. The van der Waals surface area contributed by atoms with Crippen molar-refractivity contribution in [3.05, 3.63) is 35.4 Å². The Morgan fingerprint density at radius 2 is 2.00 bits per heavy atom. The minimum absolute atomic E-state index is 0.0142. The number of aryl methyl sites for hydroxylation is 2. The second kappa shape index (κ2) is 5.80. The van der Waals surface area contributed by atoms with Crippen LogP contribution in [0.2, 0.25) is 0 Å². The largest absolute Gasteiger partial charge is 0.464 e. The third-order valence-electron chi connectivity index (χ3n) is 3.13. The van der Waals surface area contributed by atoms with Crippen LogP contribution in [0.25, 0.3) is 0 Å². The molecule has 2 rings (SSSR count). The van der Waals surface area contributed by atoms with E-state index in [0.29, 0.717) is 5.69 Å². The van der Waals surface area contributed by atoms with Crippen molar-refractivity contribution < 1.29 is 22.7 Å². The van der Waals surface area contributed by atoms with Crippen LogP contribution in [0.1, 0.15) is 26.7 Å². The number of rotatable bonds is 5. The molecule has 10 heteroatoms. The predicted octanol–water partition coefficient (Wildman–Crippen LogP) is 0.348. The minimum atomic E-state index is -4.01. The van der Waals surface area contributed by atoms with Gasteiger partial charge in [-0.25, -0.2) is 13.2 Å². The Morgan fingerprint density at radius 1 is 1.35 bits per heavy atom. The van der Waals surface area contributed by atoms with Gasteiger partial charge in [0.25, 0.3) is 15.9 Å². The summed E-state index contributed by atoms with van der Waals surface area (Å²) in [6.45, 7) is 1.66. The van der Waals surface area contributed by atoms with Crippen molar-refractivity contribution >= 4 is 27.6 Å². The molecule has 0 aliphatic heterocycles. The molecule has 0 aliphatic rings. The van der Waals surface area contributed by atoms with Crippen LogP contribution < -0.4 is 10.5 Å². The number of aromatic nitrogens is 2. The summed E-state index contributed by atoms with van der Waals surface area (Å²) in [5.74, 6) is -1.46. The third-order valence-corrected chi connectivity index (χ3v) is 4.46. The lowest BCUT2D eigenvalue weighted by Crippen LogP contribution is -2.15. The van der Waals surface area contributed by atoms with Gasteiger partial charge in [0, 0.05) is 18.9 Å². The Bertz CT molecular complexity index is 878. The van der Waals surface area contributed by atoms with Crippen molar-refractivity contribution in [2.24, 2.45) is 12.8 Å². The number of methoxy groups -OCH3 is 1. The lowest BCUT2D eigenvalue weighted by atomic mass is 10.4. The zero-order valence-corrected chi connectivity index (χ0v) is 13.5. The number of nitrogens with one attached hydrogen (secondary N) is 2. The SMILES string of the molecule is COC(=O)c1[nH]c(C)cc1NS(=O)(=O)c1cc(C(N)=O)n(C)c1. The molecule has 9 nitrogen and oxygen atoms in total. The standard InChI is InChI=1S/C13H16N4O5S/c1-7-4-9(11(15-7)13(19)22-3)16-23(20,21)8-5-10(12(14)18)17(2)6-8/h4-6,15-16H,1-3H3,(H2,14,18). The van der Waals surface area contributed by atoms with E-state index in [0.717, 1.165) is 6.07 Å². The molecule has 2 aromatic heterocycles. The van der Waals surface area contributed by atoms with Gasteiger partial charge in [0.15, 0.2) is 0 Å².